The van der Waals surface area contributed by atoms with Gasteiger partial charge in [-0.25, -0.2) is 0 Å². The van der Waals surface area contributed by atoms with Gasteiger partial charge in [0.25, 0.3) is 5.91 Å². The summed E-state index contributed by atoms with van der Waals surface area (Å²) in [6.45, 7) is 0. The third-order valence-electron chi connectivity index (χ3n) is 1.43. The maximum atomic E-state index is 11.2. The van der Waals surface area contributed by atoms with Gasteiger partial charge in [0.2, 0.25) is 0 Å². The molecule has 0 aliphatic carbocycles. The van der Waals surface area contributed by atoms with Crippen LogP contribution < -0.4 is 5.73 Å². The molecule has 1 aromatic rings. The van der Waals surface area contributed by atoms with Gasteiger partial charge in [-0.3, -0.25) is 14.6 Å². The number of primary amides is 1. The summed E-state index contributed by atoms with van der Waals surface area (Å²) in [4.78, 5) is 25.5. The molecule has 0 spiro atoms. The van der Waals surface area contributed by atoms with E-state index >= 15 is 0 Å². The number of carbonyl (C=O) groups excluding carboxylic acids is 2. The molecule has 7 nitrogen and oxygen atoms in total. The Labute approximate surface area is 85.6 Å². The first-order valence-corrected chi connectivity index (χ1v) is 4.66. The summed E-state index contributed by atoms with van der Waals surface area (Å²) >= 11 is 0. The van der Waals surface area contributed by atoms with Gasteiger partial charge >= 0.3 is 16.4 Å². The summed E-state index contributed by atoms with van der Waals surface area (Å²) in [5.41, 5.74) is 4.41. The van der Waals surface area contributed by atoms with Crippen molar-refractivity contribution in [2.75, 3.05) is 0 Å². The summed E-state index contributed by atoms with van der Waals surface area (Å²) in [6.07, 6.45) is 1.23. The van der Waals surface area contributed by atoms with Crippen LogP contribution in [-0.4, -0.2) is 25.2 Å². The lowest BCUT2D eigenvalue weighted by molar-refractivity contribution is 0.0966. The van der Waals surface area contributed by atoms with Crippen LogP contribution in [0.3, 0.4) is 0 Å². The van der Waals surface area contributed by atoms with Crippen molar-refractivity contribution in [2.45, 2.75) is 0 Å². The standard InChI is InChI=1S/C7H5N3O4S/c8-6(11)4-2-1-3-9-5(4)7(12)10-15(13)14/h1-3H,(H2,8,11). The predicted octanol–water partition coefficient (Wildman–Crippen LogP) is -0.617. The van der Waals surface area contributed by atoms with Crippen LogP contribution in [-0.2, 0) is 10.5 Å². The molecule has 0 unspecified atom stereocenters. The van der Waals surface area contributed by atoms with E-state index in [0.29, 0.717) is 0 Å². The zero-order valence-corrected chi connectivity index (χ0v) is 8.06. The zero-order chi connectivity index (χ0) is 11.4. The van der Waals surface area contributed by atoms with Gasteiger partial charge in [-0.2, -0.15) is 8.42 Å². The number of hydrogen-bond acceptors (Lipinski definition) is 5. The van der Waals surface area contributed by atoms with Crippen molar-refractivity contribution in [2.24, 2.45) is 10.1 Å². The number of nitrogens with zero attached hydrogens (tertiary/aromatic N) is 2. The number of amides is 2. The molecule has 78 valence electrons. The SMILES string of the molecule is NC(=O)c1cccnc1C(=O)N=S(=O)=O. The molecule has 15 heavy (non-hydrogen) atoms. The van der Waals surface area contributed by atoms with Crippen molar-refractivity contribution in [1.82, 2.24) is 4.98 Å². The molecule has 0 atom stereocenters. The van der Waals surface area contributed by atoms with Gasteiger partial charge in [-0.15, -0.1) is 0 Å². The van der Waals surface area contributed by atoms with Crippen LogP contribution in [0.2, 0.25) is 0 Å². The molecule has 1 rings (SSSR count). The summed E-state index contributed by atoms with van der Waals surface area (Å²) in [5.74, 6) is -2.00. The van der Waals surface area contributed by atoms with E-state index in [1.165, 1.54) is 18.3 Å². The Morgan fingerprint density at radius 2 is 2.07 bits per heavy atom. The molecule has 8 heteroatoms. The van der Waals surface area contributed by atoms with Crippen molar-refractivity contribution in [1.29, 1.82) is 0 Å². The molecule has 1 aromatic heterocycles. The van der Waals surface area contributed by atoms with Crippen molar-refractivity contribution in [3.63, 3.8) is 0 Å². The molecule has 1 heterocycles. The fraction of sp³-hybridized carbons (Fsp3) is 0. The fourth-order valence-corrected chi connectivity index (χ4v) is 1.11. The van der Waals surface area contributed by atoms with Crippen LogP contribution in [0.25, 0.3) is 0 Å². The quantitative estimate of drug-likeness (QED) is 0.722. The van der Waals surface area contributed by atoms with Crippen molar-refractivity contribution >= 4 is 22.3 Å². The highest BCUT2D eigenvalue weighted by molar-refractivity contribution is 7.62. The van der Waals surface area contributed by atoms with Crippen LogP contribution in [0.1, 0.15) is 20.8 Å². The number of carbonyl (C=O) groups is 2. The van der Waals surface area contributed by atoms with Gasteiger partial charge in [-0.05, 0) is 12.1 Å². The summed E-state index contributed by atoms with van der Waals surface area (Å²) < 4.78 is 23.0. The summed E-state index contributed by atoms with van der Waals surface area (Å²) in [7, 11) is -2.88. The van der Waals surface area contributed by atoms with Crippen molar-refractivity contribution < 1.29 is 18.0 Å². The fourth-order valence-electron chi connectivity index (χ4n) is 0.885. The Bertz CT molecular complexity index is 541. The topological polar surface area (TPSA) is 120 Å². The van der Waals surface area contributed by atoms with E-state index in [1.54, 1.807) is 0 Å². The Hall–Kier alpha value is -2.09. The third kappa shape index (κ3) is 2.68. The van der Waals surface area contributed by atoms with Gasteiger partial charge in [0.1, 0.15) is 5.69 Å². The monoisotopic (exact) mass is 227 g/mol. The molecule has 2 amide bonds. The Morgan fingerprint density at radius 1 is 1.40 bits per heavy atom. The highest BCUT2D eigenvalue weighted by Gasteiger charge is 2.15. The van der Waals surface area contributed by atoms with Gasteiger partial charge < -0.3 is 5.73 Å². The number of hydrogen-bond donors (Lipinski definition) is 1. The number of rotatable bonds is 2. The van der Waals surface area contributed by atoms with E-state index in [2.05, 4.69) is 9.35 Å². The lowest BCUT2D eigenvalue weighted by Gasteiger charge is -1.98. The average molecular weight is 227 g/mol. The zero-order valence-electron chi connectivity index (χ0n) is 7.25. The van der Waals surface area contributed by atoms with E-state index < -0.39 is 22.3 Å². The minimum atomic E-state index is -2.88. The van der Waals surface area contributed by atoms with Crippen LogP contribution in [0.15, 0.2) is 22.7 Å². The number of pyridine rings is 1. The molecule has 0 radical (unpaired) electrons. The largest absolute Gasteiger partial charge is 0.366 e. The molecule has 0 aliphatic heterocycles. The lowest BCUT2D eigenvalue weighted by Crippen LogP contribution is -2.16. The minimum Gasteiger partial charge on any atom is -0.366 e. The van der Waals surface area contributed by atoms with Crippen molar-refractivity contribution in [3.8, 4) is 0 Å². The van der Waals surface area contributed by atoms with E-state index in [1.807, 2.05) is 0 Å². The highest BCUT2D eigenvalue weighted by atomic mass is 32.2. The first-order valence-electron chi connectivity index (χ1n) is 3.62. The highest BCUT2D eigenvalue weighted by Crippen LogP contribution is 2.05. The summed E-state index contributed by atoms with van der Waals surface area (Å²) in [5, 5.41) is 0. The van der Waals surface area contributed by atoms with Gasteiger partial charge in [-0.1, -0.05) is 4.36 Å². The summed E-state index contributed by atoms with van der Waals surface area (Å²) in [6, 6.07) is 2.65. The second-order valence-corrected chi connectivity index (χ2v) is 2.99. The third-order valence-corrected chi connectivity index (χ3v) is 1.75. The Kier molecular flexibility index (Phi) is 3.24. The second-order valence-electron chi connectivity index (χ2n) is 2.38. The van der Waals surface area contributed by atoms with Crippen LogP contribution in [0.4, 0.5) is 0 Å². The molecule has 0 aliphatic rings. The lowest BCUT2D eigenvalue weighted by atomic mass is 10.2. The van der Waals surface area contributed by atoms with E-state index in [0.717, 1.165) is 0 Å². The number of nitrogens with two attached hydrogens (primary N) is 1. The predicted molar refractivity (Wildman–Crippen MR) is 48.4 cm³/mol. The normalized spacial score (nSPS) is 9.33. The van der Waals surface area contributed by atoms with Crippen LogP contribution >= 0.6 is 0 Å². The van der Waals surface area contributed by atoms with E-state index in [9.17, 15) is 18.0 Å². The molecule has 0 bridgehead atoms. The molecule has 2 N–H and O–H groups in total. The number of aromatic nitrogens is 1. The molecular weight excluding hydrogens is 222 g/mol. The molecule has 0 aromatic carbocycles. The second kappa shape index (κ2) is 4.42. The smallest absolute Gasteiger partial charge is 0.319 e. The Morgan fingerprint density at radius 3 is 2.60 bits per heavy atom. The molecule has 0 fully saturated rings. The van der Waals surface area contributed by atoms with Gasteiger partial charge in [0.05, 0.1) is 5.56 Å². The van der Waals surface area contributed by atoms with E-state index in [4.69, 9.17) is 5.73 Å². The van der Waals surface area contributed by atoms with Gasteiger partial charge in [0.15, 0.2) is 0 Å². The minimum absolute atomic E-state index is 0.170. The van der Waals surface area contributed by atoms with Crippen LogP contribution in [0, 0.1) is 0 Å². The maximum absolute atomic E-state index is 11.2. The van der Waals surface area contributed by atoms with Crippen LogP contribution in [0.5, 0.6) is 0 Å². The Balaban J connectivity index is 3.31. The first-order chi connectivity index (χ1) is 7.02. The molecule has 0 saturated carbocycles. The molecular formula is C7H5N3O4S. The average Bonchev–Trinajstić information content (AvgIpc) is 2.16. The van der Waals surface area contributed by atoms with Gasteiger partial charge in [0, 0.05) is 6.20 Å². The van der Waals surface area contributed by atoms with Crippen molar-refractivity contribution in [3.05, 3.63) is 29.6 Å². The molecule has 0 saturated heterocycles. The first kappa shape index (κ1) is 11.0. The maximum Gasteiger partial charge on any atom is 0.319 e. The van der Waals surface area contributed by atoms with E-state index in [-0.39, 0.29) is 11.3 Å².